The zero-order valence-electron chi connectivity index (χ0n) is 17.1. The standard InChI is InChI=1S/C24H27ClN4/c1-16(21-8-6-7-9-22(21)25)27-19-10-12-20(13-11-19)28-17(2)29-23-14-18(15-26-23)24(3,4)5/h6-14,27-28H,1-2,15H2,3-5H3,(H,26,29). The first-order valence-corrected chi connectivity index (χ1v) is 9.89. The summed E-state index contributed by atoms with van der Waals surface area (Å²) >= 11 is 6.23. The molecule has 2 aromatic rings. The molecule has 0 fully saturated rings. The molecule has 4 nitrogen and oxygen atoms in total. The first-order chi connectivity index (χ1) is 13.7. The SMILES string of the molecule is C=C(NC1=NCC(C(C)(C)C)=C1)Nc1ccc(NC(=C)c2ccccc2Cl)cc1. The second kappa shape index (κ2) is 8.58. The Morgan fingerprint density at radius 1 is 0.931 bits per heavy atom. The molecule has 150 valence electrons. The maximum Gasteiger partial charge on any atom is 0.126 e. The predicted octanol–water partition coefficient (Wildman–Crippen LogP) is 6.28. The Labute approximate surface area is 178 Å². The van der Waals surface area contributed by atoms with E-state index in [2.05, 4.69) is 60.9 Å². The molecule has 0 spiro atoms. The number of hydrogen-bond donors (Lipinski definition) is 3. The minimum atomic E-state index is 0.124. The molecule has 0 bridgehead atoms. The average molecular weight is 407 g/mol. The molecule has 29 heavy (non-hydrogen) atoms. The van der Waals surface area contributed by atoms with Crippen molar-refractivity contribution >= 4 is 34.5 Å². The topological polar surface area (TPSA) is 48.5 Å². The van der Waals surface area contributed by atoms with Gasteiger partial charge in [-0.3, -0.25) is 4.99 Å². The summed E-state index contributed by atoms with van der Waals surface area (Å²) in [4.78, 5) is 4.53. The van der Waals surface area contributed by atoms with Crippen LogP contribution in [-0.2, 0) is 0 Å². The van der Waals surface area contributed by atoms with Crippen molar-refractivity contribution in [2.75, 3.05) is 17.2 Å². The Bertz CT molecular complexity index is 979. The molecular formula is C24H27ClN4. The van der Waals surface area contributed by atoms with Crippen molar-refractivity contribution < 1.29 is 0 Å². The molecule has 0 saturated carbocycles. The quantitative estimate of drug-likeness (QED) is 0.529. The van der Waals surface area contributed by atoms with Crippen molar-refractivity contribution in [1.29, 1.82) is 0 Å². The minimum Gasteiger partial charge on any atom is -0.355 e. The Morgan fingerprint density at radius 3 is 2.14 bits per heavy atom. The number of aliphatic imine (C=N–C) groups is 1. The lowest BCUT2D eigenvalue weighted by Gasteiger charge is -2.18. The zero-order valence-corrected chi connectivity index (χ0v) is 17.9. The van der Waals surface area contributed by atoms with Gasteiger partial charge in [0.25, 0.3) is 0 Å². The van der Waals surface area contributed by atoms with Crippen LogP contribution in [0.15, 0.2) is 84.2 Å². The highest BCUT2D eigenvalue weighted by Crippen LogP contribution is 2.28. The summed E-state index contributed by atoms with van der Waals surface area (Å²) in [5.74, 6) is 1.51. The molecule has 2 aromatic carbocycles. The van der Waals surface area contributed by atoms with Crippen molar-refractivity contribution in [3.8, 4) is 0 Å². The molecule has 3 N–H and O–H groups in total. The van der Waals surface area contributed by atoms with E-state index in [0.29, 0.717) is 10.8 Å². The van der Waals surface area contributed by atoms with Gasteiger partial charge < -0.3 is 16.0 Å². The highest BCUT2D eigenvalue weighted by atomic mass is 35.5. The Kier molecular flexibility index (Phi) is 6.14. The van der Waals surface area contributed by atoms with Gasteiger partial charge in [-0.05, 0) is 47.4 Å². The summed E-state index contributed by atoms with van der Waals surface area (Å²) in [6.07, 6.45) is 2.10. The number of benzene rings is 2. The summed E-state index contributed by atoms with van der Waals surface area (Å²) in [5, 5.41) is 10.4. The number of anilines is 2. The van der Waals surface area contributed by atoms with Crippen LogP contribution < -0.4 is 16.0 Å². The van der Waals surface area contributed by atoms with E-state index in [1.165, 1.54) is 5.57 Å². The average Bonchev–Trinajstić information content (AvgIpc) is 3.12. The number of nitrogens with one attached hydrogen (secondary N) is 3. The van der Waals surface area contributed by atoms with E-state index in [1.807, 2.05) is 48.5 Å². The molecule has 0 saturated heterocycles. The largest absolute Gasteiger partial charge is 0.355 e. The van der Waals surface area contributed by atoms with Gasteiger partial charge in [0.2, 0.25) is 0 Å². The fourth-order valence-corrected chi connectivity index (χ4v) is 3.15. The van der Waals surface area contributed by atoms with Gasteiger partial charge in [0.15, 0.2) is 0 Å². The predicted molar refractivity (Wildman–Crippen MR) is 126 cm³/mol. The zero-order chi connectivity index (χ0) is 21.0. The Balaban J connectivity index is 1.56. The van der Waals surface area contributed by atoms with Gasteiger partial charge in [-0.2, -0.15) is 0 Å². The molecule has 0 aliphatic carbocycles. The fraction of sp³-hybridized carbons (Fsp3) is 0.208. The van der Waals surface area contributed by atoms with Gasteiger partial charge >= 0.3 is 0 Å². The van der Waals surface area contributed by atoms with E-state index in [9.17, 15) is 0 Å². The van der Waals surface area contributed by atoms with Crippen molar-refractivity contribution in [2.45, 2.75) is 20.8 Å². The molecule has 0 aromatic heterocycles. The van der Waals surface area contributed by atoms with Crippen LogP contribution >= 0.6 is 11.6 Å². The van der Waals surface area contributed by atoms with E-state index in [4.69, 9.17) is 11.6 Å². The fourth-order valence-electron chi connectivity index (χ4n) is 2.90. The maximum atomic E-state index is 6.23. The molecular weight excluding hydrogens is 380 g/mol. The van der Waals surface area contributed by atoms with Crippen molar-refractivity contribution in [2.24, 2.45) is 10.4 Å². The number of rotatable bonds is 6. The van der Waals surface area contributed by atoms with Crippen LogP contribution in [0, 0.1) is 5.41 Å². The molecule has 3 rings (SSSR count). The molecule has 1 aliphatic rings. The molecule has 0 atom stereocenters. The lowest BCUT2D eigenvalue weighted by Crippen LogP contribution is -2.24. The maximum absolute atomic E-state index is 6.23. The van der Waals surface area contributed by atoms with Crippen molar-refractivity contribution in [1.82, 2.24) is 5.32 Å². The van der Waals surface area contributed by atoms with E-state index in [1.54, 1.807) is 0 Å². The van der Waals surface area contributed by atoms with Crippen LogP contribution in [-0.4, -0.2) is 12.4 Å². The third-order valence-electron chi connectivity index (χ3n) is 4.65. The lowest BCUT2D eigenvalue weighted by atomic mass is 9.87. The Morgan fingerprint density at radius 2 is 1.55 bits per heavy atom. The van der Waals surface area contributed by atoms with Crippen LogP contribution in [0.2, 0.25) is 5.02 Å². The van der Waals surface area contributed by atoms with Gasteiger partial charge in [0, 0.05) is 27.7 Å². The van der Waals surface area contributed by atoms with Crippen LogP contribution in [0.5, 0.6) is 0 Å². The number of nitrogens with zero attached hydrogens (tertiary/aromatic N) is 1. The van der Waals surface area contributed by atoms with Crippen molar-refractivity contribution in [3.63, 3.8) is 0 Å². The van der Waals surface area contributed by atoms with Crippen molar-refractivity contribution in [3.05, 3.63) is 89.7 Å². The summed E-state index contributed by atoms with van der Waals surface area (Å²) < 4.78 is 0. The van der Waals surface area contributed by atoms with Crippen LogP contribution in [0.4, 0.5) is 11.4 Å². The van der Waals surface area contributed by atoms with E-state index >= 15 is 0 Å². The molecule has 5 heteroatoms. The summed E-state index contributed by atoms with van der Waals surface area (Å²) in [6.45, 7) is 15.4. The van der Waals surface area contributed by atoms with Gasteiger partial charge in [-0.15, -0.1) is 0 Å². The van der Waals surface area contributed by atoms with E-state index < -0.39 is 0 Å². The second-order valence-electron chi connectivity index (χ2n) is 8.01. The molecule has 0 unspecified atom stereocenters. The summed E-state index contributed by atoms with van der Waals surface area (Å²) in [5.41, 5.74) is 4.92. The molecule has 0 radical (unpaired) electrons. The van der Waals surface area contributed by atoms with Gasteiger partial charge in [0.05, 0.1) is 6.54 Å². The lowest BCUT2D eigenvalue weighted by molar-refractivity contribution is 0.499. The number of amidine groups is 1. The normalized spacial score (nSPS) is 13.4. The summed E-state index contributed by atoms with van der Waals surface area (Å²) in [6, 6.07) is 15.5. The smallest absolute Gasteiger partial charge is 0.126 e. The highest BCUT2D eigenvalue weighted by molar-refractivity contribution is 6.32. The number of hydrogen-bond acceptors (Lipinski definition) is 4. The van der Waals surface area contributed by atoms with Gasteiger partial charge in [-0.1, -0.05) is 63.7 Å². The van der Waals surface area contributed by atoms with Gasteiger partial charge in [0.1, 0.15) is 11.7 Å². The minimum absolute atomic E-state index is 0.124. The molecule has 1 heterocycles. The van der Waals surface area contributed by atoms with Crippen LogP contribution in [0.3, 0.4) is 0 Å². The molecule has 0 amide bonds. The van der Waals surface area contributed by atoms with Crippen LogP contribution in [0.1, 0.15) is 26.3 Å². The van der Waals surface area contributed by atoms with Gasteiger partial charge in [-0.25, -0.2) is 0 Å². The monoisotopic (exact) mass is 406 g/mol. The van der Waals surface area contributed by atoms with E-state index in [-0.39, 0.29) is 5.41 Å². The molecule has 1 aliphatic heterocycles. The van der Waals surface area contributed by atoms with Crippen LogP contribution in [0.25, 0.3) is 5.70 Å². The third-order valence-corrected chi connectivity index (χ3v) is 4.98. The highest BCUT2D eigenvalue weighted by Gasteiger charge is 2.20. The third kappa shape index (κ3) is 5.52. The first-order valence-electron chi connectivity index (χ1n) is 9.52. The Hall–Kier alpha value is -2.98. The van der Waals surface area contributed by atoms with E-state index in [0.717, 1.165) is 35.0 Å². The number of halogens is 1. The summed E-state index contributed by atoms with van der Waals surface area (Å²) in [7, 11) is 0. The second-order valence-corrected chi connectivity index (χ2v) is 8.42. The first kappa shape index (κ1) is 20.7.